The molecule has 6 N–H and O–H groups in total. The van der Waals surface area contributed by atoms with Crippen LogP contribution in [0.25, 0.3) is 0 Å². The van der Waals surface area contributed by atoms with E-state index in [1.165, 1.54) is 12.8 Å². The molecule has 0 heterocycles. The fraction of sp³-hybridized carbons (Fsp3) is 1.00. The molecule has 0 radical (unpaired) electrons. The quantitative estimate of drug-likeness (QED) is 0.308. The van der Waals surface area contributed by atoms with Crippen molar-refractivity contribution in [3.05, 3.63) is 0 Å². The molecule has 0 aliphatic rings. The third kappa shape index (κ3) is 65.6. The number of hydrogen-bond donors (Lipinski definition) is 6. The van der Waals surface area contributed by atoms with Gasteiger partial charge in [0.25, 0.3) is 0 Å². The van der Waals surface area contributed by atoms with Gasteiger partial charge in [-0.1, -0.05) is 0 Å². The number of hydrogen-bond acceptors (Lipinski definition) is 2. The van der Waals surface area contributed by atoms with Gasteiger partial charge >= 0.3 is 80.1 Å². The van der Waals surface area contributed by atoms with Gasteiger partial charge in [-0.2, -0.15) is 0 Å². The molecule has 0 aromatic rings. The second-order valence-corrected chi connectivity index (χ2v) is 16.1. The van der Waals surface area contributed by atoms with E-state index >= 15 is 0 Å². The minimum atomic E-state index is -3.81. The second kappa shape index (κ2) is 13.4. The molecule has 19 heavy (non-hydrogen) atoms. The Morgan fingerprint density at radius 3 is 1.05 bits per heavy atom. The SMILES string of the molecule is CC[CH](C)[Zn][CH](C)CC.OP(O)(O)=S.OP(O)(O)=S. The summed E-state index contributed by atoms with van der Waals surface area (Å²) in [6.07, 6.45) is 2.84. The largest absolute Gasteiger partial charge is 0.325 e. The fourth-order valence-electron chi connectivity index (χ4n) is 1.02. The average molecular weight is 408 g/mol. The van der Waals surface area contributed by atoms with Crippen molar-refractivity contribution >= 4 is 37.1 Å². The molecule has 0 saturated carbocycles. The Labute approximate surface area is 133 Å². The van der Waals surface area contributed by atoms with Crippen molar-refractivity contribution in [1.29, 1.82) is 0 Å². The fourth-order valence-corrected chi connectivity index (χ4v) is 5.30. The summed E-state index contributed by atoms with van der Waals surface area (Å²) in [4.78, 5) is 45.3. The molecule has 6 nitrogen and oxygen atoms in total. The van der Waals surface area contributed by atoms with Crippen LogP contribution in [0.2, 0.25) is 9.02 Å². The first-order valence-electron chi connectivity index (χ1n) is 5.77. The van der Waals surface area contributed by atoms with E-state index in [0.717, 1.165) is 9.02 Å². The molecule has 0 saturated heterocycles. The summed E-state index contributed by atoms with van der Waals surface area (Å²) < 4.78 is 2.24. The number of rotatable bonds is 4. The molecule has 0 aromatic heterocycles. The Morgan fingerprint density at radius 1 is 0.789 bits per heavy atom. The molecule has 0 amide bonds. The van der Waals surface area contributed by atoms with Crippen molar-refractivity contribution < 1.29 is 46.5 Å². The maximum absolute atomic E-state index is 7.56. The van der Waals surface area contributed by atoms with Gasteiger partial charge in [-0.15, -0.1) is 0 Å². The van der Waals surface area contributed by atoms with E-state index in [4.69, 9.17) is 29.4 Å². The summed E-state index contributed by atoms with van der Waals surface area (Å²) in [5.41, 5.74) is 0. The van der Waals surface area contributed by atoms with E-state index in [1.807, 2.05) is 0 Å². The van der Waals surface area contributed by atoms with Crippen LogP contribution in [0.15, 0.2) is 0 Å². The van der Waals surface area contributed by atoms with Crippen LogP contribution >= 0.6 is 13.4 Å². The third-order valence-electron chi connectivity index (χ3n) is 2.20. The van der Waals surface area contributed by atoms with Crippen molar-refractivity contribution in [2.24, 2.45) is 0 Å². The molecule has 0 aliphatic heterocycles. The Bertz CT molecular complexity index is 250. The van der Waals surface area contributed by atoms with Gasteiger partial charge in [0, 0.05) is 0 Å². The summed E-state index contributed by atoms with van der Waals surface area (Å²) in [5, 5.41) is 0. The van der Waals surface area contributed by atoms with Crippen molar-refractivity contribution in [2.45, 2.75) is 49.6 Å². The smallest absolute Gasteiger partial charge is 0.319 e. The van der Waals surface area contributed by atoms with Crippen molar-refractivity contribution in [3.63, 3.8) is 0 Å². The minimum absolute atomic E-state index is 0.142. The van der Waals surface area contributed by atoms with Crippen LogP contribution in [0.3, 0.4) is 0 Å². The van der Waals surface area contributed by atoms with E-state index < -0.39 is 13.4 Å². The predicted molar refractivity (Wildman–Crippen MR) is 81.3 cm³/mol. The van der Waals surface area contributed by atoms with Gasteiger partial charge < -0.3 is 29.4 Å². The molecule has 0 fully saturated rings. The van der Waals surface area contributed by atoms with Gasteiger partial charge in [0.1, 0.15) is 0 Å². The molecular formula is C8H24O6P2S2Zn. The summed E-state index contributed by atoms with van der Waals surface area (Å²) in [6.45, 7) is 1.87. The van der Waals surface area contributed by atoms with Crippen LogP contribution < -0.4 is 0 Å². The van der Waals surface area contributed by atoms with E-state index in [0.29, 0.717) is 0 Å². The zero-order chi connectivity index (χ0) is 16.3. The minimum Gasteiger partial charge on any atom is -0.325 e. The molecule has 0 aliphatic carbocycles. The summed E-state index contributed by atoms with van der Waals surface area (Å²) >= 11 is 7.07. The van der Waals surface area contributed by atoms with Gasteiger partial charge in [-0.3, -0.25) is 0 Å². The van der Waals surface area contributed by atoms with Crippen LogP contribution in [0.4, 0.5) is 0 Å². The summed E-state index contributed by atoms with van der Waals surface area (Å²) in [5.74, 6) is 0. The van der Waals surface area contributed by atoms with Gasteiger partial charge in [0.15, 0.2) is 0 Å². The molecule has 0 spiro atoms. The zero-order valence-corrected chi connectivity index (χ0v) is 18.1. The van der Waals surface area contributed by atoms with E-state index in [2.05, 4.69) is 51.3 Å². The van der Waals surface area contributed by atoms with Crippen LogP contribution in [0.5, 0.6) is 0 Å². The molecular weight excluding hydrogens is 384 g/mol. The Balaban J connectivity index is -0.000000219. The summed E-state index contributed by atoms with van der Waals surface area (Å²) in [7, 11) is 0. The predicted octanol–water partition coefficient (Wildman–Crippen LogP) is 1.88. The molecule has 0 bridgehead atoms. The first kappa shape index (κ1) is 25.6. The van der Waals surface area contributed by atoms with Gasteiger partial charge in [-0.25, -0.2) is 0 Å². The van der Waals surface area contributed by atoms with Gasteiger partial charge in [-0.05, 0) is 23.6 Å². The first-order chi connectivity index (χ1) is 8.20. The second-order valence-electron chi connectivity index (χ2n) is 4.29. The molecule has 0 rings (SSSR count). The topological polar surface area (TPSA) is 121 Å². The maximum atomic E-state index is 7.56. The third-order valence-corrected chi connectivity index (χ3v) is 8.00. The molecule has 116 valence electrons. The van der Waals surface area contributed by atoms with E-state index in [-0.39, 0.29) is 17.1 Å². The first-order valence-corrected chi connectivity index (χ1v) is 14.5. The van der Waals surface area contributed by atoms with E-state index in [1.54, 1.807) is 0 Å². The van der Waals surface area contributed by atoms with E-state index in [9.17, 15) is 0 Å². The maximum Gasteiger partial charge on any atom is 0.319 e. The van der Waals surface area contributed by atoms with Crippen LogP contribution in [-0.2, 0) is 40.7 Å². The van der Waals surface area contributed by atoms with Crippen molar-refractivity contribution in [1.82, 2.24) is 0 Å². The zero-order valence-electron chi connectivity index (χ0n) is 11.7. The molecule has 0 aromatic carbocycles. The van der Waals surface area contributed by atoms with Crippen LogP contribution in [0, 0.1) is 0 Å². The average Bonchev–Trinajstić information content (AvgIpc) is 2.12. The molecule has 11 heteroatoms. The van der Waals surface area contributed by atoms with Crippen LogP contribution in [0.1, 0.15) is 40.5 Å². The molecule has 2 unspecified atom stereocenters. The normalized spacial score (nSPS) is 14.0. The van der Waals surface area contributed by atoms with Crippen molar-refractivity contribution in [3.8, 4) is 0 Å². The summed E-state index contributed by atoms with van der Waals surface area (Å²) in [6, 6.07) is 0. The van der Waals surface area contributed by atoms with Gasteiger partial charge in [0.2, 0.25) is 0 Å². The molecule has 2 atom stereocenters. The Hall–Kier alpha value is 1.68. The standard InChI is InChI=1S/2C4H9.2H3O3PS.Zn/c2*1-3-4-2;2*1-4(2,3)5;/h2*3H,4H2,1-2H3;2*(H3,1,2,3,5);. The monoisotopic (exact) mass is 406 g/mol. The van der Waals surface area contributed by atoms with Gasteiger partial charge in [0.05, 0.1) is 0 Å². The van der Waals surface area contributed by atoms with Crippen LogP contribution in [-0.4, -0.2) is 29.4 Å². The van der Waals surface area contributed by atoms with Crippen molar-refractivity contribution in [2.75, 3.05) is 0 Å². The Kier molecular flexibility index (Phi) is 18.0. The Morgan fingerprint density at radius 2 is 0.947 bits per heavy atom.